The van der Waals surface area contributed by atoms with E-state index in [1.165, 1.54) is 17.6 Å². The second kappa shape index (κ2) is 10.9. The number of halogens is 1. The summed E-state index contributed by atoms with van der Waals surface area (Å²) >= 11 is 3.38. The summed E-state index contributed by atoms with van der Waals surface area (Å²) in [7, 11) is 0. The van der Waals surface area contributed by atoms with Crippen molar-refractivity contribution in [1.29, 1.82) is 0 Å². The minimum atomic E-state index is -0.762. The molecule has 1 aliphatic rings. The van der Waals surface area contributed by atoms with Crippen LogP contribution in [0.25, 0.3) is 0 Å². The first-order valence-corrected chi connectivity index (χ1v) is 10.6. The zero-order chi connectivity index (χ0) is 23.1. The van der Waals surface area contributed by atoms with Crippen LogP contribution in [0.2, 0.25) is 0 Å². The van der Waals surface area contributed by atoms with Gasteiger partial charge in [-0.3, -0.25) is 15.3 Å². The summed E-state index contributed by atoms with van der Waals surface area (Å²) in [5, 5.41) is 21.6. The highest BCUT2D eigenvalue weighted by Crippen LogP contribution is 2.37. The van der Waals surface area contributed by atoms with E-state index in [0.717, 1.165) is 4.47 Å². The highest BCUT2D eigenvalue weighted by molar-refractivity contribution is 9.10. The molecule has 2 amide bonds. The smallest absolute Gasteiger partial charge is 0.412 e. The lowest BCUT2D eigenvalue weighted by Crippen LogP contribution is -2.22. The van der Waals surface area contributed by atoms with Crippen LogP contribution in [0.15, 0.2) is 53.0 Å². The minimum Gasteiger partial charge on any atom is -0.508 e. The van der Waals surface area contributed by atoms with Crippen molar-refractivity contribution >= 4 is 33.6 Å². The Morgan fingerprint density at radius 1 is 1.22 bits per heavy atom. The molecule has 10 heteroatoms. The maximum Gasteiger partial charge on any atom is 0.412 e. The van der Waals surface area contributed by atoms with Crippen molar-refractivity contribution in [2.75, 3.05) is 12.1 Å². The lowest BCUT2D eigenvalue weighted by Gasteiger charge is -2.25. The maximum atomic E-state index is 12.7. The Balaban J connectivity index is 1.72. The standard InChI is InChI=1S/C22H23BrN2O7/c1-13(4-2-3-5-20(27)25-29)21(16-10-14(23)6-8-17(16)26)32-22(28)24-15-7-9-18-19(11-15)31-12-30-18/h3,5-11,13,21,26,29H,2,4,12H2,1H3,(H,24,28)(H,25,27)/b5-3+/t13-,21-/m1/s1. The predicted octanol–water partition coefficient (Wildman–Crippen LogP) is 4.65. The highest BCUT2D eigenvalue weighted by atomic mass is 79.9. The van der Waals surface area contributed by atoms with Gasteiger partial charge in [-0.15, -0.1) is 0 Å². The highest BCUT2D eigenvalue weighted by Gasteiger charge is 2.26. The Morgan fingerprint density at radius 3 is 2.78 bits per heavy atom. The van der Waals surface area contributed by atoms with Crippen LogP contribution >= 0.6 is 15.9 Å². The molecule has 0 saturated carbocycles. The van der Waals surface area contributed by atoms with Crippen molar-refractivity contribution in [3.63, 3.8) is 0 Å². The lowest BCUT2D eigenvalue weighted by atomic mass is 9.92. The second-order valence-corrected chi connectivity index (χ2v) is 8.07. The first-order valence-electron chi connectivity index (χ1n) is 9.83. The molecule has 2 atom stereocenters. The van der Waals surface area contributed by atoms with E-state index in [2.05, 4.69) is 21.2 Å². The number of amides is 2. The van der Waals surface area contributed by atoms with Crippen LogP contribution in [0.1, 0.15) is 31.4 Å². The zero-order valence-electron chi connectivity index (χ0n) is 17.2. The molecule has 0 aromatic heterocycles. The number of carbonyl (C=O) groups excluding carboxylic acids is 2. The fourth-order valence-corrected chi connectivity index (χ4v) is 3.59. The van der Waals surface area contributed by atoms with Gasteiger partial charge in [0.2, 0.25) is 6.79 Å². The van der Waals surface area contributed by atoms with Gasteiger partial charge in [0.25, 0.3) is 5.91 Å². The molecule has 2 aromatic rings. The van der Waals surface area contributed by atoms with Gasteiger partial charge in [0.05, 0.1) is 0 Å². The molecule has 32 heavy (non-hydrogen) atoms. The van der Waals surface area contributed by atoms with E-state index >= 15 is 0 Å². The number of nitrogens with one attached hydrogen (secondary N) is 2. The number of aromatic hydroxyl groups is 1. The number of fused-ring (bicyclic) bond motifs is 1. The van der Waals surface area contributed by atoms with Crippen molar-refractivity contribution in [3.8, 4) is 17.2 Å². The molecule has 1 heterocycles. The monoisotopic (exact) mass is 506 g/mol. The van der Waals surface area contributed by atoms with Crippen molar-refractivity contribution in [2.45, 2.75) is 25.9 Å². The molecular weight excluding hydrogens is 484 g/mol. The lowest BCUT2D eigenvalue weighted by molar-refractivity contribution is -0.124. The molecule has 0 unspecified atom stereocenters. The zero-order valence-corrected chi connectivity index (χ0v) is 18.8. The second-order valence-electron chi connectivity index (χ2n) is 7.16. The van der Waals surface area contributed by atoms with Crippen LogP contribution in [0.4, 0.5) is 10.5 Å². The van der Waals surface area contributed by atoms with Gasteiger partial charge in [-0.1, -0.05) is 28.9 Å². The molecule has 1 aliphatic heterocycles. The topological polar surface area (TPSA) is 126 Å². The van der Waals surface area contributed by atoms with E-state index < -0.39 is 18.1 Å². The van der Waals surface area contributed by atoms with E-state index in [9.17, 15) is 14.7 Å². The van der Waals surface area contributed by atoms with Crippen molar-refractivity contribution in [3.05, 3.63) is 58.6 Å². The number of hydroxylamine groups is 1. The fraction of sp³-hybridized carbons (Fsp3) is 0.273. The third-order valence-corrected chi connectivity index (χ3v) is 5.33. The molecule has 0 radical (unpaired) electrons. The normalized spacial score (nSPS) is 14.1. The summed E-state index contributed by atoms with van der Waals surface area (Å²) in [4.78, 5) is 23.8. The largest absolute Gasteiger partial charge is 0.508 e. The van der Waals surface area contributed by atoms with E-state index in [1.807, 2.05) is 6.92 Å². The Bertz CT molecular complexity index is 1010. The van der Waals surface area contributed by atoms with Crippen LogP contribution in [0.5, 0.6) is 17.2 Å². The van der Waals surface area contributed by atoms with Crippen molar-refractivity contribution in [2.24, 2.45) is 5.92 Å². The van der Waals surface area contributed by atoms with Crippen LogP contribution in [0.3, 0.4) is 0 Å². The van der Waals surface area contributed by atoms with Gasteiger partial charge in [0, 0.05) is 27.9 Å². The van der Waals surface area contributed by atoms with Gasteiger partial charge < -0.3 is 19.3 Å². The number of hydrogen-bond acceptors (Lipinski definition) is 7. The third kappa shape index (κ3) is 6.14. The Labute approximate surface area is 193 Å². The number of hydrogen-bond donors (Lipinski definition) is 4. The molecule has 0 bridgehead atoms. The molecule has 2 aromatic carbocycles. The molecule has 0 fully saturated rings. The summed E-state index contributed by atoms with van der Waals surface area (Å²) < 4.78 is 17.0. The van der Waals surface area contributed by atoms with E-state index in [0.29, 0.717) is 35.6 Å². The molecular formula is C22H23BrN2O7. The van der Waals surface area contributed by atoms with Crippen molar-refractivity contribution < 1.29 is 34.1 Å². The van der Waals surface area contributed by atoms with Crippen LogP contribution in [-0.4, -0.2) is 29.1 Å². The van der Waals surface area contributed by atoms with Crippen LogP contribution in [0, 0.1) is 5.92 Å². The summed E-state index contributed by atoms with van der Waals surface area (Å²) in [6, 6.07) is 9.88. The van der Waals surface area contributed by atoms with Crippen LogP contribution in [-0.2, 0) is 9.53 Å². The molecule has 4 N–H and O–H groups in total. The average Bonchev–Trinajstić information content (AvgIpc) is 3.24. The van der Waals surface area contributed by atoms with Gasteiger partial charge in [0.15, 0.2) is 11.5 Å². The number of benzene rings is 2. The van der Waals surface area contributed by atoms with Gasteiger partial charge in [0.1, 0.15) is 11.9 Å². The summed E-state index contributed by atoms with van der Waals surface area (Å²) in [6.45, 7) is 2.00. The molecule has 0 saturated heterocycles. The van der Waals surface area contributed by atoms with E-state index in [1.54, 1.807) is 36.4 Å². The quantitative estimate of drug-likeness (QED) is 0.233. The van der Waals surface area contributed by atoms with E-state index in [-0.39, 0.29) is 18.5 Å². The van der Waals surface area contributed by atoms with Gasteiger partial charge in [-0.25, -0.2) is 10.3 Å². The molecule has 0 aliphatic carbocycles. The summed E-state index contributed by atoms with van der Waals surface area (Å²) in [5.74, 6) is 0.280. The van der Waals surface area contributed by atoms with E-state index in [4.69, 9.17) is 19.4 Å². The molecule has 9 nitrogen and oxygen atoms in total. The third-order valence-electron chi connectivity index (χ3n) is 4.83. The summed E-state index contributed by atoms with van der Waals surface area (Å²) in [5.41, 5.74) is 2.44. The SMILES string of the molecule is C[C@H](CC/C=C/C(=O)NO)[C@@H](OC(=O)Nc1ccc2c(c1)OCO2)c1cc(Br)ccc1O. The average molecular weight is 507 g/mol. The van der Waals surface area contributed by atoms with Gasteiger partial charge in [-0.2, -0.15) is 0 Å². The Morgan fingerprint density at radius 2 is 2.00 bits per heavy atom. The van der Waals surface area contributed by atoms with Gasteiger partial charge in [-0.05, 0) is 49.1 Å². The predicted molar refractivity (Wildman–Crippen MR) is 119 cm³/mol. The van der Waals surface area contributed by atoms with Crippen LogP contribution < -0.4 is 20.3 Å². The molecule has 0 spiro atoms. The Hall–Kier alpha value is -3.24. The van der Waals surface area contributed by atoms with Gasteiger partial charge >= 0.3 is 6.09 Å². The molecule has 3 rings (SSSR count). The first-order chi connectivity index (χ1) is 15.4. The number of phenolic OH excluding ortho intramolecular Hbond substituents is 1. The number of rotatable bonds is 8. The number of carbonyl (C=O) groups is 2. The minimum absolute atomic E-state index is 0.00358. The number of allylic oxidation sites excluding steroid dienone is 1. The first kappa shape index (κ1) is 23.4. The number of anilines is 1. The maximum absolute atomic E-state index is 12.7. The summed E-state index contributed by atoms with van der Waals surface area (Å²) in [6.07, 6.45) is 2.39. The van der Waals surface area contributed by atoms with Crippen molar-refractivity contribution in [1.82, 2.24) is 5.48 Å². The number of ether oxygens (including phenoxy) is 3. The number of phenols is 1. The molecule has 170 valence electrons. The Kier molecular flexibility index (Phi) is 7.96. The fourth-order valence-electron chi connectivity index (χ4n) is 3.21.